The molecule has 70 heavy (non-hydrogen) atoms. The third kappa shape index (κ3) is 15.5. The number of aliphatic hydroxyl groups is 1. The zero-order chi connectivity index (χ0) is 51.2. The number of ether oxygens (including phenoxy) is 1. The summed E-state index contributed by atoms with van der Waals surface area (Å²) in [5, 5.41) is 50.2. The number of hydrogen-bond acceptors (Lipinski definition) is 22. The Morgan fingerprint density at radius 3 is 2.31 bits per heavy atom. The third-order valence-electron chi connectivity index (χ3n) is 9.97. The lowest BCUT2D eigenvalue weighted by Gasteiger charge is -2.27. The molecule has 1 unspecified atom stereocenters. The number of imide groups is 1. The maximum absolute atomic E-state index is 13.1. The number of esters is 1. The maximum atomic E-state index is 13.1. The number of rotatable bonds is 24. The number of amides is 6. The molecule has 1 aromatic carbocycles. The summed E-state index contributed by atoms with van der Waals surface area (Å²) in [7, 11) is 0. The molecule has 7 atom stereocenters. The van der Waals surface area contributed by atoms with Crippen molar-refractivity contribution in [3.8, 4) is 0 Å². The molecule has 0 aliphatic carbocycles. The minimum absolute atomic E-state index is 0.0125. The lowest BCUT2D eigenvalue weighted by atomic mass is 10.1. The molecule has 0 saturated carbocycles. The van der Waals surface area contributed by atoms with Crippen molar-refractivity contribution >= 4 is 117 Å². The Bertz CT molecular complexity index is 2570. The predicted molar refractivity (Wildman–Crippen MR) is 247 cm³/mol. The number of carboxylic acids is 3. The number of nitrogens with zero attached hydrogens (tertiary/aromatic N) is 4. The van der Waals surface area contributed by atoms with Crippen LogP contribution < -0.4 is 43.6 Å². The monoisotopic (exact) mass is 1030 g/mol. The smallest absolute Gasteiger partial charge is 0.327 e. The summed E-state index contributed by atoms with van der Waals surface area (Å²) in [5.41, 5.74) is 11.0. The van der Waals surface area contributed by atoms with Crippen LogP contribution in [0.2, 0.25) is 0 Å². The molecule has 376 valence electrons. The second kappa shape index (κ2) is 25.0. The number of benzene rings is 1. The summed E-state index contributed by atoms with van der Waals surface area (Å²) in [6.07, 6.45) is -1.90. The maximum Gasteiger partial charge on any atom is 0.327 e. The number of aromatic nitrogens is 4. The molecule has 2 aliphatic heterocycles. The Kier molecular flexibility index (Phi) is 19.2. The number of aliphatic carboxylic acids is 3. The van der Waals surface area contributed by atoms with Gasteiger partial charge < -0.3 is 63.2 Å². The van der Waals surface area contributed by atoms with E-state index in [4.69, 9.17) is 16.2 Å². The van der Waals surface area contributed by atoms with Gasteiger partial charge in [0, 0.05) is 47.2 Å². The van der Waals surface area contributed by atoms with Gasteiger partial charge in [-0.2, -0.15) is 4.98 Å². The number of H-pyrrole nitrogens is 1. The number of nitrogens with two attached hydrogens (primary N) is 2. The number of anilines is 2. The lowest BCUT2D eigenvalue weighted by Crippen LogP contribution is -2.57. The minimum atomic E-state index is -1.89. The second-order valence-corrected chi connectivity index (χ2v) is 18.9. The number of nitrogens with one attached hydrogen (secondary N) is 6. The van der Waals surface area contributed by atoms with E-state index >= 15 is 0 Å². The van der Waals surface area contributed by atoms with Crippen molar-refractivity contribution in [3.05, 3.63) is 52.1 Å². The van der Waals surface area contributed by atoms with Crippen molar-refractivity contribution in [1.82, 2.24) is 46.1 Å². The van der Waals surface area contributed by atoms with Gasteiger partial charge >= 0.3 is 23.9 Å². The van der Waals surface area contributed by atoms with Crippen LogP contribution in [-0.4, -0.2) is 175 Å². The van der Waals surface area contributed by atoms with E-state index in [1.54, 1.807) is 0 Å². The van der Waals surface area contributed by atoms with Crippen molar-refractivity contribution in [1.29, 1.82) is 0 Å². The molecule has 2 fully saturated rings. The molecular weight excluding hydrogens is 989 g/mol. The van der Waals surface area contributed by atoms with Gasteiger partial charge in [-0.05, 0) is 30.7 Å². The van der Waals surface area contributed by atoms with Gasteiger partial charge in [0.25, 0.3) is 11.5 Å². The van der Waals surface area contributed by atoms with Crippen LogP contribution in [0.15, 0.2) is 35.3 Å². The van der Waals surface area contributed by atoms with Crippen molar-refractivity contribution in [2.24, 2.45) is 5.73 Å². The molecule has 2 aromatic heterocycles. The Hall–Kier alpha value is -7.09. The van der Waals surface area contributed by atoms with Crippen LogP contribution in [0.1, 0.15) is 41.7 Å². The predicted octanol–water partition coefficient (Wildman–Crippen LogP) is -3.63. The van der Waals surface area contributed by atoms with Crippen molar-refractivity contribution in [2.75, 3.05) is 40.7 Å². The van der Waals surface area contributed by atoms with Crippen LogP contribution in [0.3, 0.4) is 0 Å². The number of carboxylic acid groups (broad SMARTS) is 3. The van der Waals surface area contributed by atoms with E-state index in [-0.39, 0.29) is 29.2 Å². The summed E-state index contributed by atoms with van der Waals surface area (Å²) < 4.78 is 5.20. The first-order valence-electron chi connectivity index (χ1n) is 20.7. The normalized spacial score (nSPS) is 18.4. The third-order valence-corrected chi connectivity index (χ3v) is 13.8. The van der Waals surface area contributed by atoms with E-state index < -0.39 is 150 Å². The average molecular weight is 1040 g/mol. The fourth-order valence-corrected chi connectivity index (χ4v) is 9.84. The minimum Gasteiger partial charge on any atom is -0.481 e. The van der Waals surface area contributed by atoms with Crippen LogP contribution in [0.4, 0.5) is 11.6 Å². The van der Waals surface area contributed by atoms with Gasteiger partial charge in [-0.15, -0.1) is 35.3 Å². The highest BCUT2D eigenvalue weighted by Gasteiger charge is 2.42. The van der Waals surface area contributed by atoms with E-state index in [0.717, 1.165) is 0 Å². The quantitative estimate of drug-likeness (QED) is 0.0304. The molecule has 6 amide bonds. The number of fused-ring (bicyclic) bond motifs is 1. The molecule has 0 bridgehead atoms. The van der Waals surface area contributed by atoms with E-state index in [0.29, 0.717) is 38.9 Å². The summed E-state index contributed by atoms with van der Waals surface area (Å²) in [6, 6.07) is -0.947. The largest absolute Gasteiger partial charge is 0.481 e. The summed E-state index contributed by atoms with van der Waals surface area (Å²) in [5.74, 6) is -11.5. The number of aliphatic hydroxyl groups excluding tert-OH is 1. The fourth-order valence-electron chi connectivity index (χ4n) is 6.32. The molecule has 3 aromatic rings. The standard InChI is InChI=1S/C39H46N12O16S3/c40-19(11-43-25(53)6-5-20(36(63)64)46-31(58)16-1-3-17(4-2-16)42-9-18-10-44-30-29(45-18)34(61)50-39(41)49-30)32(59)47-21(7-27(55)56)33(60)48-22(37(65)66)13-69-24-8-26(54)51(35(24)62)12-28(57)67-38-23(52)14-68-15-70-38/h1-4,10,19-24,38,42,52H,5-9,11-15,40H2,(H,43,53)(H,46,58)(H,47,59)(H,48,60)(H,55,56)(H,63,64)(H,65,66)(H3,41,44,49,50,61)/t19-,20-,21-,22-,23+,24?,38+/m1/s1. The van der Waals surface area contributed by atoms with E-state index in [1.807, 2.05) is 0 Å². The number of hydrogen-bond donors (Lipinski definition) is 12. The SMILES string of the molecule is Nc1nc2ncc(CNc3ccc(C(=O)N[C@H](CCC(=O)NC[C@@H](N)C(=O)N[C@H](CC(=O)O)C(=O)N[C@H](CSC4CC(=O)N(CC(=O)O[C@H]5SCSC[C@@H]5O)C4=O)C(=O)O)C(=O)O)cc3)nc2c(=O)[nH]1. The van der Waals surface area contributed by atoms with Crippen molar-refractivity contribution < 1.29 is 73.1 Å². The van der Waals surface area contributed by atoms with Crippen LogP contribution in [0, 0.1) is 0 Å². The molecule has 2 saturated heterocycles. The first kappa shape index (κ1) is 53.9. The van der Waals surface area contributed by atoms with E-state index in [9.17, 15) is 73.2 Å². The first-order valence-corrected chi connectivity index (χ1v) is 23.9. The second-order valence-electron chi connectivity index (χ2n) is 15.2. The topological polar surface area (TPSA) is 448 Å². The Morgan fingerprint density at radius 2 is 1.64 bits per heavy atom. The van der Waals surface area contributed by atoms with Crippen LogP contribution in [0.5, 0.6) is 0 Å². The highest BCUT2D eigenvalue weighted by atomic mass is 32.2. The lowest BCUT2D eigenvalue weighted by molar-refractivity contribution is -0.155. The number of nitrogen functional groups attached to an aromatic ring is 1. The highest BCUT2D eigenvalue weighted by molar-refractivity contribution is 8.16. The van der Waals surface area contributed by atoms with E-state index in [2.05, 4.69) is 46.5 Å². The number of likely N-dealkylation sites (tertiary alicyclic amines) is 1. The molecule has 0 radical (unpaired) electrons. The number of carbonyl (C=O) groups excluding carboxylic acids is 7. The summed E-state index contributed by atoms with van der Waals surface area (Å²) >= 11 is 3.27. The van der Waals surface area contributed by atoms with Gasteiger partial charge in [0.05, 0.1) is 30.1 Å². The van der Waals surface area contributed by atoms with Gasteiger partial charge in [0.15, 0.2) is 16.6 Å². The number of aromatic amines is 1. The van der Waals surface area contributed by atoms with Crippen molar-refractivity contribution in [2.45, 2.75) is 73.2 Å². The molecule has 14 N–H and O–H groups in total. The van der Waals surface area contributed by atoms with Gasteiger partial charge in [0.1, 0.15) is 36.8 Å². The molecule has 0 spiro atoms. The van der Waals surface area contributed by atoms with Gasteiger partial charge in [-0.1, -0.05) is 0 Å². The Balaban J connectivity index is 1.04. The Morgan fingerprint density at radius 1 is 0.943 bits per heavy atom. The first-order chi connectivity index (χ1) is 33.2. The summed E-state index contributed by atoms with van der Waals surface area (Å²) in [4.78, 5) is 153. The van der Waals surface area contributed by atoms with Crippen LogP contribution in [0.25, 0.3) is 11.2 Å². The fraction of sp³-hybridized carbons (Fsp3) is 0.436. The molecule has 5 rings (SSSR count). The molecule has 4 heterocycles. The molecule has 28 nitrogen and oxygen atoms in total. The van der Waals surface area contributed by atoms with Crippen LogP contribution in [-0.2, 0) is 54.4 Å². The van der Waals surface area contributed by atoms with Gasteiger partial charge in [-0.25, -0.2) is 19.6 Å². The zero-order valence-electron chi connectivity index (χ0n) is 36.4. The molecular formula is C39H46N12O16S3. The van der Waals surface area contributed by atoms with E-state index in [1.165, 1.54) is 54.0 Å². The number of thioether (sulfide) groups is 3. The van der Waals surface area contributed by atoms with Crippen molar-refractivity contribution in [3.63, 3.8) is 0 Å². The zero-order valence-corrected chi connectivity index (χ0v) is 38.8. The van der Waals surface area contributed by atoms with Gasteiger partial charge in [0.2, 0.25) is 35.5 Å². The molecule has 31 heteroatoms. The number of carbonyl (C=O) groups is 10. The molecule has 2 aliphatic rings. The van der Waals surface area contributed by atoms with Gasteiger partial charge in [-0.3, -0.25) is 53.0 Å². The summed E-state index contributed by atoms with van der Waals surface area (Å²) in [6.45, 7) is -1.21. The average Bonchev–Trinajstić information content (AvgIpc) is 3.57. The highest BCUT2D eigenvalue weighted by Crippen LogP contribution is 2.30. The van der Waals surface area contributed by atoms with Crippen LogP contribution >= 0.6 is 35.3 Å². The Labute approximate surface area is 407 Å².